The van der Waals surface area contributed by atoms with Crippen LogP contribution in [0.1, 0.15) is 26.7 Å². The normalized spacial score (nSPS) is 20.7. The summed E-state index contributed by atoms with van der Waals surface area (Å²) in [6, 6.07) is 1.81. The fraction of sp³-hybridized carbons (Fsp3) is 0.714. The van der Waals surface area contributed by atoms with Crippen molar-refractivity contribution in [2.75, 3.05) is 35.3 Å². The maximum atomic E-state index is 11.6. The van der Waals surface area contributed by atoms with Crippen LogP contribution in [-0.2, 0) is 9.84 Å². The zero-order valence-electron chi connectivity index (χ0n) is 12.9. The van der Waals surface area contributed by atoms with E-state index in [0.29, 0.717) is 18.3 Å². The van der Waals surface area contributed by atoms with Gasteiger partial charge in [0.05, 0.1) is 11.5 Å². The zero-order valence-corrected chi connectivity index (χ0v) is 13.7. The van der Waals surface area contributed by atoms with Crippen molar-refractivity contribution < 1.29 is 8.42 Å². The van der Waals surface area contributed by atoms with Crippen LogP contribution >= 0.6 is 0 Å². The van der Waals surface area contributed by atoms with Gasteiger partial charge in [0.15, 0.2) is 9.84 Å². The SMILES string of the molecule is CC(C)CCNc1ccnc(N(C)C2CCS(=O)(=O)C2)n1. The van der Waals surface area contributed by atoms with E-state index in [-0.39, 0.29) is 17.5 Å². The minimum Gasteiger partial charge on any atom is -0.370 e. The highest BCUT2D eigenvalue weighted by Crippen LogP contribution is 2.20. The van der Waals surface area contributed by atoms with Crippen LogP contribution in [0.5, 0.6) is 0 Å². The minimum atomic E-state index is -2.90. The van der Waals surface area contributed by atoms with Crippen LogP contribution in [0.15, 0.2) is 12.3 Å². The Morgan fingerprint density at radius 1 is 1.48 bits per heavy atom. The van der Waals surface area contributed by atoms with Gasteiger partial charge in [-0.1, -0.05) is 13.8 Å². The molecule has 1 atom stereocenters. The maximum Gasteiger partial charge on any atom is 0.227 e. The summed E-state index contributed by atoms with van der Waals surface area (Å²) >= 11 is 0. The molecule has 1 unspecified atom stereocenters. The predicted molar refractivity (Wildman–Crippen MR) is 85.4 cm³/mol. The monoisotopic (exact) mass is 312 g/mol. The predicted octanol–water partition coefficient (Wildman–Crippen LogP) is 1.56. The van der Waals surface area contributed by atoms with Crippen molar-refractivity contribution in [3.63, 3.8) is 0 Å². The molecule has 0 saturated carbocycles. The van der Waals surface area contributed by atoms with Gasteiger partial charge in [0.25, 0.3) is 0 Å². The number of hydrogen-bond donors (Lipinski definition) is 1. The van der Waals surface area contributed by atoms with Gasteiger partial charge in [-0.2, -0.15) is 4.98 Å². The van der Waals surface area contributed by atoms with Gasteiger partial charge >= 0.3 is 0 Å². The van der Waals surface area contributed by atoms with Gasteiger partial charge in [0, 0.05) is 25.8 Å². The molecule has 1 saturated heterocycles. The van der Waals surface area contributed by atoms with Gasteiger partial charge in [-0.3, -0.25) is 0 Å². The third kappa shape index (κ3) is 4.56. The first-order valence-corrected chi connectivity index (χ1v) is 9.20. The summed E-state index contributed by atoms with van der Waals surface area (Å²) < 4.78 is 23.1. The first-order chi connectivity index (χ1) is 9.87. The maximum absolute atomic E-state index is 11.6. The molecule has 0 amide bonds. The van der Waals surface area contributed by atoms with E-state index in [0.717, 1.165) is 18.8 Å². The average Bonchev–Trinajstić information content (AvgIpc) is 2.78. The Kier molecular flexibility index (Phi) is 5.03. The van der Waals surface area contributed by atoms with Crippen molar-refractivity contribution in [2.24, 2.45) is 5.92 Å². The summed E-state index contributed by atoms with van der Waals surface area (Å²) in [7, 11) is -1.04. The van der Waals surface area contributed by atoms with Gasteiger partial charge in [-0.15, -0.1) is 0 Å². The number of anilines is 2. The van der Waals surface area contributed by atoms with Crippen molar-refractivity contribution >= 4 is 21.6 Å². The summed E-state index contributed by atoms with van der Waals surface area (Å²) in [5, 5.41) is 3.28. The van der Waals surface area contributed by atoms with Crippen LogP contribution in [0.25, 0.3) is 0 Å². The van der Waals surface area contributed by atoms with Crippen molar-refractivity contribution in [3.05, 3.63) is 12.3 Å². The molecule has 0 bridgehead atoms. The molecule has 1 aromatic heterocycles. The molecule has 0 aliphatic carbocycles. The third-order valence-electron chi connectivity index (χ3n) is 3.74. The molecule has 21 heavy (non-hydrogen) atoms. The third-order valence-corrected chi connectivity index (χ3v) is 5.49. The van der Waals surface area contributed by atoms with E-state index in [1.807, 2.05) is 18.0 Å². The lowest BCUT2D eigenvalue weighted by molar-refractivity contribution is 0.600. The topological polar surface area (TPSA) is 75.2 Å². The smallest absolute Gasteiger partial charge is 0.227 e. The molecule has 1 aliphatic heterocycles. The van der Waals surface area contributed by atoms with Crippen LogP contribution in [0.2, 0.25) is 0 Å². The Hall–Kier alpha value is -1.37. The van der Waals surface area contributed by atoms with E-state index in [1.165, 1.54) is 0 Å². The molecule has 2 rings (SSSR count). The van der Waals surface area contributed by atoms with Crippen molar-refractivity contribution in [1.29, 1.82) is 0 Å². The molecule has 7 heteroatoms. The molecule has 1 aromatic rings. The molecule has 1 fully saturated rings. The van der Waals surface area contributed by atoms with Crippen LogP contribution in [0.4, 0.5) is 11.8 Å². The van der Waals surface area contributed by atoms with Gasteiger partial charge in [-0.05, 0) is 24.8 Å². The average molecular weight is 312 g/mol. The van der Waals surface area contributed by atoms with Crippen LogP contribution < -0.4 is 10.2 Å². The van der Waals surface area contributed by atoms with Gasteiger partial charge < -0.3 is 10.2 Å². The van der Waals surface area contributed by atoms with Crippen molar-refractivity contribution in [3.8, 4) is 0 Å². The molecule has 0 spiro atoms. The zero-order chi connectivity index (χ0) is 15.5. The Bertz CT molecular complexity index is 574. The highest BCUT2D eigenvalue weighted by atomic mass is 32.2. The molecule has 0 aromatic carbocycles. The molecule has 6 nitrogen and oxygen atoms in total. The number of rotatable bonds is 6. The standard InChI is InChI=1S/C14H24N4O2S/c1-11(2)4-7-15-13-5-8-16-14(17-13)18(3)12-6-9-21(19,20)10-12/h5,8,11-12H,4,6-7,9-10H2,1-3H3,(H,15,16,17). The second-order valence-corrected chi connectivity index (χ2v) is 8.25. The number of hydrogen-bond acceptors (Lipinski definition) is 6. The minimum absolute atomic E-state index is 0.0269. The summed E-state index contributed by atoms with van der Waals surface area (Å²) in [6.45, 7) is 5.23. The molecular weight excluding hydrogens is 288 g/mol. The van der Waals surface area contributed by atoms with Gasteiger partial charge in [0.2, 0.25) is 5.95 Å². The van der Waals surface area contributed by atoms with E-state index in [9.17, 15) is 8.42 Å². The van der Waals surface area contributed by atoms with Gasteiger partial charge in [0.1, 0.15) is 5.82 Å². The van der Waals surface area contributed by atoms with E-state index >= 15 is 0 Å². The second kappa shape index (κ2) is 6.60. The molecular formula is C14H24N4O2S. The highest BCUT2D eigenvalue weighted by Gasteiger charge is 2.31. The second-order valence-electron chi connectivity index (χ2n) is 6.02. The Morgan fingerprint density at radius 3 is 2.86 bits per heavy atom. The fourth-order valence-electron chi connectivity index (χ4n) is 2.35. The van der Waals surface area contributed by atoms with E-state index < -0.39 is 9.84 Å². The number of nitrogens with zero attached hydrogens (tertiary/aromatic N) is 3. The van der Waals surface area contributed by atoms with Gasteiger partial charge in [-0.25, -0.2) is 13.4 Å². The van der Waals surface area contributed by atoms with E-state index in [4.69, 9.17) is 0 Å². The highest BCUT2D eigenvalue weighted by molar-refractivity contribution is 7.91. The number of sulfone groups is 1. The Labute approximate surface area is 126 Å². The van der Waals surface area contributed by atoms with E-state index in [2.05, 4.69) is 29.1 Å². The first kappa shape index (κ1) is 16.0. The Morgan fingerprint density at radius 2 is 2.24 bits per heavy atom. The summed E-state index contributed by atoms with van der Waals surface area (Å²) in [4.78, 5) is 10.6. The lowest BCUT2D eigenvalue weighted by Crippen LogP contribution is -2.33. The van der Waals surface area contributed by atoms with E-state index in [1.54, 1.807) is 6.20 Å². The molecule has 1 N–H and O–H groups in total. The lowest BCUT2D eigenvalue weighted by Gasteiger charge is -2.23. The fourth-order valence-corrected chi connectivity index (χ4v) is 4.12. The number of nitrogens with one attached hydrogen (secondary N) is 1. The largest absolute Gasteiger partial charge is 0.370 e. The molecule has 0 radical (unpaired) electrons. The van der Waals surface area contributed by atoms with Crippen molar-refractivity contribution in [1.82, 2.24) is 9.97 Å². The lowest BCUT2D eigenvalue weighted by atomic mass is 10.1. The van der Waals surface area contributed by atoms with Crippen LogP contribution in [0.3, 0.4) is 0 Å². The summed E-state index contributed by atoms with van der Waals surface area (Å²) in [5.74, 6) is 2.46. The summed E-state index contributed by atoms with van der Waals surface area (Å²) in [6.07, 6.45) is 3.43. The molecule has 2 heterocycles. The van der Waals surface area contributed by atoms with Crippen LogP contribution in [0, 0.1) is 5.92 Å². The molecule has 1 aliphatic rings. The number of aromatic nitrogens is 2. The van der Waals surface area contributed by atoms with Crippen molar-refractivity contribution in [2.45, 2.75) is 32.7 Å². The quantitative estimate of drug-likeness (QED) is 0.859. The Balaban J connectivity index is 2.00. The first-order valence-electron chi connectivity index (χ1n) is 7.37. The van der Waals surface area contributed by atoms with Crippen LogP contribution in [-0.4, -0.2) is 49.5 Å². The molecule has 118 valence electrons. The summed E-state index contributed by atoms with van der Waals surface area (Å²) in [5.41, 5.74) is 0.